The fraction of sp³-hybridized carbons (Fsp3) is 0.500. The van der Waals surface area contributed by atoms with Crippen molar-refractivity contribution in [2.24, 2.45) is 5.73 Å². The van der Waals surface area contributed by atoms with Gasteiger partial charge in [0.25, 0.3) is 0 Å². The molecule has 2 N–H and O–H groups in total. The highest BCUT2D eigenvalue weighted by molar-refractivity contribution is 7.92. The molecule has 0 aromatic heterocycles. The number of benzene rings is 1. The molecule has 0 aliphatic carbocycles. The van der Waals surface area contributed by atoms with Crippen molar-refractivity contribution in [3.8, 4) is 0 Å². The van der Waals surface area contributed by atoms with Crippen LogP contribution >= 0.6 is 0 Å². The summed E-state index contributed by atoms with van der Waals surface area (Å²) in [6.07, 6.45) is 0.826. The van der Waals surface area contributed by atoms with Gasteiger partial charge in [0.2, 0.25) is 10.0 Å². The second kappa shape index (κ2) is 4.66. The number of anilines is 1. The minimum Gasteiger partial charge on any atom is -0.330 e. The van der Waals surface area contributed by atoms with Crippen LogP contribution < -0.4 is 10.0 Å². The van der Waals surface area contributed by atoms with Crippen LogP contribution in [0.5, 0.6) is 0 Å². The lowest BCUT2D eigenvalue weighted by atomic mass is 9.98. The third-order valence-electron chi connectivity index (χ3n) is 3.25. The van der Waals surface area contributed by atoms with Crippen LogP contribution in [0.2, 0.25) is 0 Å². The summed E-state index contributed by atoms with van der Waals surface area (Å²) in [6.45, 7) is 2.79. The van der Waals surface area contributed by atoms with Crippen LogP contribution in [0.25, 0.3) is 0 Å². The van der Waals surface area contributed by atoms with E-state index in [2.05, 4.69) is 0 Å². The summed E-state index contributed by atoms with van der Waals surface area (Å²) >= 11 is 0. The summed E-state index contributed by atoms with van der Waals surface area (Å²) in [4.78, 5) is 0. The van der Waals surface area contributed by atoms with E-state index in [4.69, 9.17) is 5.73 Å². The normalized spacial score (nSPS) is 19.4. The van der Waals surface area contributed by atoms with Crippen molar-refractivity contribution < 1.29 is 8.42 Å². The van der Waals surface area contributed by atoms with Gasteiger partial charge in [0, 0.05) is 12.5 Å². The summed E-state index contributed by atoms with van der Waals surface area (Å²) in [6, 6.07) is 7.70. The van der Waals surface area contributed by atoms with Crippen molar-refractivity contribution in [3.05, 3.63) is 29.8 Å². The Hall–Kier alpha value is -1.07. The molecule has 1 aliphatic rings. The zero-order valence-electron chi connectivity index (χ0n) is 9.96. The van der Waals surface area contributed by atoms with Crippen LogP contribution in [0, 0.1) is 0 Å². The first-order chi connectivity index (χ1) is 8.10. The van der Waals surface area contributed by atoms with Gasteiger partial charge in [0.05, 0.1) is 11.4 Å². The van der Waals surface area contributed by atoms with Crippen molar-refractivity contribution in [1.29, 1.82) is 0 Å². The molecular weight excluding hydrogens is 236 g/mol. The second-order valence-corrected chi connectivity index (χ2v) is 6.45. The van der Waals surface area contributed by atoms with E-state index in [1.165, 1.54) is 4.31 Å². The summed E-state index contributed by atoms with van der Waals surface area (Å²) in [5, 5.41) is 0. The average molecular weight is 254 g/mol. The predicted octanol–water partition coefficient (Wildman–Crippen LogP) is 1.29. The van der Waals surface area contributed by atoms with E-state index in [0.717, 1.165) is 17.7 Å². The van der Waals surface area contributed by atoms with Gasteiger partial charge < -0.3 is 5.73 Å². The zero-order chi connectivity index (χ0) is 12.5. The summed E-state index contributed by atoms with van der Waals surface area (Å²) in [5.41, 5.74) is 7.52. The molecule has 1 aromatic rings. The van der Waals surface area contributed by atoms with Gasteiger partial charge in [0.15, 0.2) is 0 Å². The molecule has 1 aliphatic heterocycles. The van der Waals surface area contributed by atoms with Crippen LogP contribution in [0.3, 0.4) is 0 Å². The van der Waals surface area contributed by atoms with E-state index in [1.807, 2.05) is 24.3 Å². The van der Waals surface area contributed by atoms with Gasteiger partial charge in [-0.05, 0) is 31.5 Å². The van der Waals surface area contributed by atoms with Crippen molar-refractivity contribution in [1.82, 2.24) is 0 Å². The van der Waals surface area contributed by atoms with Crippen LogP contribution in [0.15, 0.2) is 24.3 Å². The van der Waals surface area contributed by atoms with Crippen LogP contribution in [0.1, 0.15) is 24.8 Å². The van der Waals surface area contributed by atoms with Crippen molar-refractivity contribution in [2.75, 3.05) is 23.1 Å². The lowest BCUT2D eigenvalue weighted by Crippen LogP contribution is -2.31. The van der Waals surface area contributed by atoms with Gasteiger partial charge in [0.1, 0.15) is 0 Å². The fourth-order valence-electron chi connectivity index (χ4n) is 2.32. The Bertz CT molecular complexity index is 499. The Morgan fingerprint density at radius 3 is 2.76 bits per heavy atom. The molecule has 0 saturated carbocycles. The summed E-state index contributed by atoms with van der Waals surface area (Å²) in [7, 11) is -3.17. The standard InChI is InChI=1S/C12H18N2O2S/c1-2-17(15,16)14-9-10(7-8-13)11-5-3-4-6-12(11)14/h3-6,10H,2,7-9,13H2,1H3. The number of rotatable bonds is 4. The number of hydrogen-bond acceptors (Lipinski definition) is 3. The highest BCUT2D eigenvalue weighted by Crippen LogP contribution is 2.39. The molecule has 1 atom stereocenters. The molecule has 1 unspecified atom stereocenters. The van der Waals surface area contributed by atoms with Gasteiger partial charge in [-0.15, -0.1) is 0 Å². The quantitative estimate of drug-likeness (QED) is 0.880. The maximum Gasteiger partial charge on any atom is 0.234 e. The van der Waals surface area contributed by atoms with Crippen molar-refractivity contribution >= 4 is 15.7 Å². The SMILES string of the molecule is CCS(=O)(=O)N1CC(CCN)c2ccccc21. The van der Waals surface area contributed by atoms with Gasteiger partial charge in [-0.1, -0.05) is 18.2 Å². The topological polar surface area (TPSA) is 63.4 Å². The Kier molecular flexibility index (Phi) is 3.40. The number of hydrogen-bond donors (Lipinski definition) is 1. The fourth-order valence-corrected chi connectivity index (χ4v) is 3.51. The minimum atomic E-state index is -3.17. The Morgan fingerprint density at radius 1 is 1.41 bits per heavy atom. The highest BCUT2D eigenvalue weighted by atomic mass is 32.2. The zero-order valence-corrected chi connectivity index (χ0v) is 10.8. The van der Waals surface area contributed by atoms with Crippen molar-refractivity contribution in [3.63, 3.8) is 0 Å². The number of nitrogens with two attached hydrogens (primary N) is 1. The number of fused-ring (bicyclic) bond motifs is 1. The monoisotopic (exact) mass is 254 g/mol. The third kappa shape index (κ3) is 2.17. The van der Waals surface area contributed by atoms with E-state index in [1.54, 1.807) is 6.92 Å². The lowest BCUT2D eigenvalue weighted by Gasteiger charge is -2.18. The first kappa shape index (κ1) is 12.4. The smallest absolute Gasteiger partial charge is 0.234 e. The molecule has 0 amide bonds. The maximum absolute atomic E-state index is 12.0. The van der Waals surface area contributed by atoms with Crippen LogP contribution in [0.4, 0.5) is 5.69 Å². The summed E-state index contributed by atoms with van der Waals surface area (Å²) in [5.74, 6) is 0.369. The predicted molar refractivity (Wildman–Crippen MR) is 69.7 cm³/mol. The average Bonchev–Trinajstić information content (AvgIpc) is 2.70. The molecule has 5 heteroatoms. The molecular formula is C12H18N2O2S. The highest BCUT2D eigenvalue weighted by Gasteiger charge is 2.33. The Labute approximate surface area is 102 Å². The van der Waals surface area contributed by atoms with Crippen LogP contribution in [-0.4, -0.2) is 27.3 Å². The van der Waals surface area contributed by atoms with Gasteiger partial charge in [-0.25, -0.2) is 8.42 Å². The summed E-state index contributed by atoms with van der Waals surface area (Å²) < 4.78 is 25.5. The largest absolute Gasteiger partial charge is 0.330 e. The van der Waals surface area contributed by atoms with Gasteiger partial charge in [-0.2, -0.15) is 0 Å². The van der Waals surface area contributed by atoms with E-state index in [9.17, 15) is 8.42 Å². The molecule has 2 rings (SSSR count). The Morgan fingerprint density at radius 2 is 2.12 bits per heavy atom. The van der Waals surface area contributed by atoms with E-state index < -0.39 is 10.0 Å². The van der Waals surface area contributed by atoms with E-state index in [0.29, 0.717) is 13.1 Å². The molecule has 0 radical (unpaired) electrons. The Balaban J connectivity index is 2.42. The van der Waals surface area contributed by atoms with E-state index >= 15 is 0 Å². The van der Waals surface area contributed by atoms with E-state index in [-0.39, 0.29) is 11.7 Å². The van der Waals surface area contributed by atoms with Crippen LogP contribution in [-0.2, 0) is 10.0 Å². The molecule has 1 aromatic carbocycles. The van der Waals surface area contributed by atoms with Gasteiger partial charge >= 0.3 is 0 Å². The molecule has 94 valence electrons. The van der Waals surface area contributed by atoms with Crippen molar-refractivity contribution in [2.45, 2.75) is 19.3 Å². The molecule has 17 heavy (non-hydrogen) atoms. The lowest BCUT2D eigenvalue weighted by molar-refractivity contribution is 0.587. The molecule has 0 saturated heterocycles. The minimum absolute atomic E-state index is 0.136. The maximum atomic E-state index is 12.0. The number of nitrogens with zero attached hydrogens (tertiary/aromatic N) is 1. The molecule has 0 fully saturated rings. The number of para-hydroxylation sites is 1. The third-order valence-corrected chi connectivity index (χ3v) is 4.99. The second-order valence-electron chi connectivity index (χ2n) is 4.26. The molecule has 1 heterocycles. The first-order valence-corrected chi connectivity index (χ1v) is 7.50. The molecule has 0 bridgehead atoms. The van der Waals surface area contributed by atoms with Gasteiger partial charge in [-0.3, -0.25) is 4.31 Å². The number of sulfonamides is 1. The first-order valence-electron chi connectivity index (χ1n) is 5.89. The molecule has 4 nitrogen and oxygen atoms in total. The molecule has 0 spiro atoms.